The number of halogens is 1. The number of nitrogens with one attached hydrogen (secondary N) is 3. The van der Waals surface area contributed by atoms with Crippen molar-refractivity contribution in [3.63, 3.8) is 0 Å². The first-order valence-corrected chi connectivity index (χ1v) is 6.21. The molecule has 1 aromatic carbocycles. The topological polar surface area (TPSA) is 75.3 Å². The normalized spacial score (nSPS) is 14.6. The first-order chi connectivity index (χ1) is 8.75. The van der Waals surface area contributed by atoms with Crippen LogP contribution in [0.2, 0.25) is 0 Å². The SMILES string of the molecule is O=C(O)c1ccc(NNC2=[NH+]CCCCC2)cc1.[Cl-]. The van der Waals surface area contributed by atoms with Crippen LogP contribution < -0.4 is 28.3 Å². The fourth-order valence-corrected chi connectivity index (χ4v) is 1.88. The summed E-state index contributed by atoms with van der Waals surface area (Å²) in [7, 11) is 0. The summed E-state index contributed by atoms with van der Waals surface area (Å²) in [6.45, 7) is 1.00. The Morgan fingerprint density at radius 3 is 2.53 bits per heavy atom. The number of amidine groups is 1. The molecule has 4 N–H and O–H groups in total. The predicted octanol–water partition coefficient (Wildman–Crippen LogP) is -2.64. The molecule has 0 amide bonds. The van der Waals surface area contributed by atoms with E-state index >= 15 is 0 Å². The van der Waals surface area contributed by atoms with Crippen molar-refractivity contribution >= 4 is 17.5 Å². The summed E-state index contributed by atoms with van der Waals surface area (Å²) >= 11 is 0. The maximum absolute atomic E-state index is 10.7. The summed E-state index contributed by atoms with van der Waals surface area (Å²) in [5.74, 6) is 0.184. The van der Waals surface area contributed by atoms with Gasteiger partial charge in [-0.3, -0.25) is 4.99 Å². The Morgan fingerprint density at radius 2 is 1.84 bits per heavy atom. The number of rotatable bonds is 3. The van der Waals surface area contributed by atoms with Crippen molar-refractivity contribution < 1.29 is 27.3 Å². The summed E-state index contributed by atoms with van der Waals surface area (Å²) in [6.07, 6.45) is 4.67. The average Bonchev–Trinajstić information content (AvgIpc) is 2.65. The lowest BCUT2D eigenvalue weighted by molar-refractivity contribution is -0.459. The molecule has 0 unspecified atom stereocenters. The van der Waals surface area contributed by atoms with Gasteiger partial charge in [0, 0.05) is 0 Å². The highest BCUT2D eigenvalue weighted by Crippen LogP contribution is 2.08. The van der Waals surface area contributed by atoms with Gasteiger partial charge in [-0.15, -0.1) is 0 Å². The van der Waals surface area contributed by atoms with Crippen LogP contribution in [0.3, 0.4) is 0 Å². The molecule has 19 heavy (non-hydrogen) atoms. The number of hydrogen-bond acceptors (Lipinski definition) is 3. The minimum absolute atomic E-state index is 0. The van der Waals surface area contributed by atoms with Crippen LogP contribution in [-0.4, -0.2) is 23.5 Å². The van der Waals surface area contributed by atoms with Gasteiger partial charge in [-0.25, -0.2) is 10.2 Å². The minimum atomic E-state index is -0.908. The molecular formula is C13H18ClN3O2. The highest BCUT2D eigenvalue weighted by molar-refractivity contribution is 5.88. The van der Waals surface area contributed by atoms with Crippen molar-refractivity contribution in [2.75, 3.05) is 12.0 Å². The first-order valence-electron chi connectivity index (χ1n) is 6.21. The third kappa shape index (κ3) is 4.79. The number of aromatic carboxylic acids is 1. The molecule has 1 aliphatic heterocycles. The molecule has 0 saturated carbocycles. The van der Waals surface area contributed by atoms with E-state index in [2.05, 4.69) is 15.8 Å². The van der Waals surface area contributed by atoms with Crippen LogP contribution in [0.1, 0.15) is 36.0 Å². The van der Waals surface area contributed by atoms with Gasteiger partial charge in [0.2, 0.25) is 0 Å². The molecule has 0 aromatic heterocycles. The van der Waals surface area contributed by atoms with Gasteiger partial charge in [-0.05, 0) is 43.5 Å². The van der Waals surface area contributed by atoms with E-state index < -0.39 is 5.97 Å². The van der Waals surface area contributed by atoms with Gasteiger partial charge in [0.1, 0.15) is 0 Å². The monoisotopic (exact) mass is 283 g/mol. The number of hydrazine groups is 1. The Morgan fingerprint density at radius 1 is 1.11 bits per heavy atom. The van der Waals surface area contributed by atoms with E-state index in [0.717, 1.165) is 24.5 Å². The van der Waals surface area contributed by atoms with E-state index in [9.17, 15) is 4.79 Å². The number of benzene rings is 1. The molecule has 0 saturated heterocycles. The summed E-state index contributed by atoms with van der Waals surface area (Å²) in [4.78, 5) is 14.0. The molecule has 0 atom stereocenters. The van der Waals surface area contributed by atoms with Gasteiger partial charge in [0.25, 0.3) is 5.84 Å². The quantitative estimate of drug-likeness (QED) is 0.458. The molecule has 0 fully saturated rings. The summed E-state index contributed by atoms with van der Waals surface area (Å²) in [5.41, 5.74) is 7.34. The molecule has 6 heteroatoms. The second-order valence-corrected chi connectivity index (χ2v) is 4.35. The van der Waals surface area contributed by atoms with Crippen LogP contribution in [0.15, 0.2) is 24.3 Å². The van der Waals surface area contributed by atoms with Crippen LogP contribution in [0.5, 0.6) is 0 Å². The molecule has 0 aliphatic carbocycles. The van der Waals surface area contributed by atoms with E-state index in [1.807, 2.05) is 0 Å². The fourth-order valence-electron chi connectivity index (χ4n) is 1.88. The molecular weight excluding hydrogens is 266 g/mol. The lowest BCUT2D eigenvalue weighted by atomic mass is 10.2. The van der Waals surface area contributed by atoms with Crippen molar-refractivity contribution in [3.8, 4) is 0 Å². The minimum Gasteiger partial charge on any atom is -1.00 e. The number of carboxylic acids is 1. The molecule has 5 nitrogen and oxygen atoms in total. The summed E-state index contributed by atoms with van der Waals surface area (Å²) in [5, 5.41) is 8.79. The molecule has 1 heterocycles. The molecule has 0 spiro atoms. The van der Waals surface area contributed by atoms with Crippen molar-refractivity contribution in [3.05, 3.63) is 29.8 Å². The second kappa shape index (κ2) is 7.63. The number of carbonyl (C=O) groups is 1. The van der Waals surface area contributed by atoms with Gasteiger partial charge in [-0.2, -0.15) is 5.43 Å². The smallest absolute Gasteiger partial charge is 0.335 e. The third-order valence-electron chi connectivity index (χ3n) is 2.93. The second-order valence-electron chi connectivity index (χ2n) is 4.35. The molecule has 0 radical (unpaired) electrons. The molecule has 104 valence electrons. The van der Waals surface area contributed by atoms with E-state index in [0.29, 0.717) is 5.56 Å². The maximum Gasteiger partial charge on any atom is 0.335 e. The zero-order chi connectivity index (χ0) is 12.8. The van der Waals surface area contributed by atoms with Crippen molar-refractivity contribution in [2.24, 2.45) is 0 Å². The zero-order valence-electron chi connectivity index (χ0n) is 10.6. The largest absolute Gasteiger partial charge is 1.00 e. The van der Waals surface area contributed by atoms with Gasteiger partial charge >= 0.3 is 5.97 Å². The fraction of sp³-hybridized carbons (Fsp3) is 0.385. The number of carboxylic acid groups (broad SMARTS) is 1. The van der Waals surface area contributed by atoms with Crippen molar-refractivity contribution in [1.82, 2.24) is 5.43 Å². The Bertz CT molecular complexity index is 446. The molecule has 1 aliphatic rings. The van der Waals surface area contributed by atoms with Gasteiger partial charge < -0.3 is 17.5 Å². The van der Waals surface area contributed by atoms with Gasteiger partial charge in [0.15, 0.2) is 0 Å². The Hall–Kier alpha value is -1.75. The summed E-state index contributed by atoms with van der Waals surface area (Å²) in [6, 6.07) is 6.65. The van der Waals surface area contributed by atoms with E-state index in [-0.39, 0.29) is 12.4 Å². The lowest BCUT2D eigenvalue weighted by Crippen LogP contribution is -3.00. The van der Waals surface area contributed by atoms with E-state index in [1.165, 1.54) is 19.3 Å². The number of anilines is 1. The van der Waals surface area contributed by atoms with E-state index in [1.54, 1.807) is 24.3 Å². The first kappa shape index (κ1) is 15.3. The Balaban J connectivity index is 0.00000180. The molecule has 0 bridgehead atoms. The van der Waals surface area contributed by atoms with Crippen molar-refractivity contribution in [1.29, 1.82) is 0 Å². The van der Waals surface area contributed by atoms with E-state index in [4.69, 9.17) is 5.11 Å². The van der Waals surface area contributed by atoms with Crippen LogP contribution in [0.4, 0.5) is 5.69 Å². The Kier molecular flexibility index (Phi) is 6.15. The average molecular weight is 284 g/mol. The van der Waals surface area contributed by atoms with Gasteiger partial charge in [0.05, 0.1) is 24.2 Å². The van der Waals surface area contributed by atoms with Crippen molar-refractivity contribution in [2.45, 2.75) is 25.7 Å². The van der Waals surface area contributed by atoms with Gasteiger partial charge in [-0.1, -0.05) is 0 Å². The van der Waals surface area contributed by atoms with Crippen LogP contribution in [-0.2, 0) is 0 Å². The molecule has 2 rings (SSSR count). The lowest BCUT2D eigenvalue weighted by Gasteiger charge is -2.04. The molecule has 1 aromatic rings. The zero-order valence-corrected chi connectivity index (χ0v) is 11.3. The van der Waals surface area contributed by atoms with Crippen LogP contribution in [0, 0.1) is 0 Å². The summed E-state index contributed by atoms with van der Waals surface area (Å²) < 4.78 is 0. The highest BCUT2D eigenvalue weighted by atomic mass is 35.5. The highest BCUT2D eigenvalue weighted by Gasteiger charge is 2.09. The third-order valence-corrected chi connectivity index (χ3v) is 2.93. The standard InChI is InChI=1S/C13H17N3O2.ClH/c17-13(18)10-5-7-11(8-6-10)15-16-12-4-2-1-3-9-14-12;/h5-8,15H,1-4,9H2,(H,14,16)(H,17,18);1H. The predicted molar refractivity (Wildman–Crippen MR) is 69.5 cm³/mol. The van der Waals surface area contributed by atoms with Crippen LogP contribution in [0.25, 0.3) is 0 Å². The Labute approximate surface area is 118 Å². The number of hydrogen-bond donors (Lipinski definition) is 4. The van der Waals surface area contributed by atoms with Crippen LogP contribution >= 0.6 is 0 Å². The maximum atomic E-state index is 10.7.